The van der Waals surface area contributed by atoms with Crippen LogP contribution in [0.2, 0.25) is 0 Å². The lowest BCUT2D eigenvalue weighted by Gasteiger charge is -2.27. The van der Waals surface area contributed by atoms with Crippen molar-refractivity contribution in [2.75, 3.05) is 65.7 Å². The molecule has 0 radical (unpaired) electrons. The topological polar surface area (TPSA) is 124 Å². The summed E-state index contributed by atoms with van der Waals surface area (Å²) in [6.45, 7) is 5.43. The first-order chi connectivity index (χ1) is 18.3. The fourth-order valence-electron chi connectivity index (χ4n) is 4.07. The van der Waals surface area contributed by atoms with Crippen molar-refractivity contribution in [3.05, 3.63) is 9.81 Å². The quantitative estimate of drug-likeness (QED) is 0.262. The molecule has 4 rings (SSSR count). The number of thioether (sulfide) groups is 2. The van der Waals surface area contributed by atoms with Gasteiger partial charge in [-0.15, -0.1) is 0 Å². The van der Waals surface area contributed by atoms with Crippen LogP contribution >= 0.6 is 48.0 Å². The summed E-state index contributed by atoms with van der Waals surface area (Å²) in [6.07, 6.45) is 1.35. The molecule has 208 valence electrons. The number of carbonyl (C=O) groups excluding carboxylic acids is 4. The minimum absolute atomic E-state index is 0.128. The smallest absolute Gasteiger partial charge is 0.267 e. The number of nitrogens with zero attached hydrogens (tertiary/aromatic N) is 4. The summed E-state index contributed by atoms with van der Waals surface area (Å²) >= 11 is 12.9. The van der Waals surface area contributed by atoms with E-state index in [4.69, 9.17) is 33.9 Å². The third-order valence-corrected chi connectivity index (χ3v) is 9.09. The summed E-state index contributed by atoms with van der Waals surface area (Å²) in [5.74, 6) is -0.952. The molecule has 0 spiro atoms. The Labute approximate surface area is 240 Å². The summed E-state index contributed by atoms with van der Waals surface area (Å²) in [5, 5.41) is 3.65. The normalized spacial score (nSPS) is 23.5. The van der Waals surface area contributed by atoms with E-state index in [0.717, 1.165) is 23.5 Å². The van der Waals surface area contributed by atoms with Crippen molar-refractivity contribution in [1.29, 1.82) is 0 Å². The molecule has 38 heavy (non-hydrogen) atoms. The molecule has 0 aliphatic carbocycles. The number of carbonyl (C=O) groups is 4. The predicted molar refractivity (Wildman–Crippen MR) is 150 cm³/mol. The molecule has 4 aliphatic heterocycles. The van der Waals surface area contributed by atoms with Crippen molar-refractivity contribution in [3.8, 4) is 0 Å². The van der Waals surface area contributed by atoms with Gasteiger partial charge < -0.3 is 9.47 Å². The molecule has 4 fully saturated rings. The van der Waals surface area contributed by atoms with Crippen LogP contribution in [-0.4, -0.2) is 118 Å². The van der Waals surface area contributed by atoms with Crippen LogP contribution in [0.4, 0.5) is 0 Å². The maximum atomic E-state index is 13.1. The first-order valence-corrected chi connectivity index (χ1v) is 14.8. The standard InChI is InChI=1S/C22H30N6O6S4/c29-15(23-25-7-11-33-12-8-25)3-1-5-27-19(31)17(37-21(27)35)18-20(32)28(22(36)38-18)6-2-4-16(30)24-26-9-13-34-14-10-26/h1-14H2,(H,23,29)(H,24,30). The molecule has 0 saturated carbocycles. The number of nitrogens with one attached hydrogen (secondary N) is 2. The van der Waals surface area contributed by atoms with E-state index in [9.17, 15) is 19.2 Å². The maximum absolute atomic E-state index is 13.1. The van der Waals surface area contributed by atoms with E-state index in [1.165, 1.54) is 9.80 Å². The van der Waals surface area contributed by atoms with Crippen molar-refractivity contribution >= 4 is 80.2 Å². The van der Waals surface area contributed by atoms with Crippen molar-refractivity contribution in [3.63, 3.8) is 0 Å². The minimum Gasteiger partial charge on any atom is -0.379 e. The molecular weight excluding hydrogens is 573 g/mol. The van der Waals surface area contributed by atoms with Crippen LogP contribution in [0.1, 0.15) is 25.7 Å². The number of morpholine rings is 2. The zero-order valence-corrected chi connectivity index (χ0v) is 24.0. The van der Waals surface area contributed by atoms with Gasteiger partial charge in [-0.25, -0.2) is 10.0 Å². The van der Waals surface area contributed by atoms with Gasteiger partial charge >= 0.3 is 0 Å². The Morgan fingerprint density at radius 2 is 1.08 bits per heavy atom. The molecule has 0 bridgehead atoms. The van der Waals surface area contributed by atoms with Crippen molar-refractivity contribution < 1.29 is 28.7 Å². The van der Waals surface area contributed by atoms with E-state index in [0.29, 0.717) is 74.1 Å². The van der Waals surface area contributed by atoms with Gasteiger partial charge in [-0.1, -0.05) is 48.0 Å². The highest BCUT2D eigenvalue weighted by Crippen LogP contribution is 2.42. The predicted octanol–water partition coefficient (Wildman–Crippen LogP) is 0.206. The van der Waals surface area contributed by atoms with Gasteiger partial charge in [0.25, 0.3) is 11.8 Å². The van der Waals surface area contributed by atoms with Gasteiger partial charge in [0, 0.05) is 52.1 Å². The molecule has 4 heterocycles. The van der Waals surface area contributed by atoms with Crippen LogP contribution in [-0.2, 0) is 28.7 Å². The molecule has 0 aromatic heterocycles. The van der Waals surface area contributed by atoms with Crippen molar-refractivity contribution in [1.82, 2.24) is 30.7 Å². The number of thiocarbonyl (C=S) groups is 2. The fourth-order valence-corrected chi connectivity index (χ4v) is 6.84. The van der Waals surface area contributed by atoms with Gasteiger partial charge in [-0.2, -0.15) is 0 Å². The van der Waals surface area contributed by atoms with E-state index < -0.39 is 0 Å². The summed E-state index contributed by atoms with van der Waals surface area (Å²) in [5.41, 5.74) is 5.69. The van der Waals surface area contributed by atoms with Gasteiger partial charge in [0.05, 0.1) is 36.2 Å². The van der Waals surface area contributed by atoms with E-state index in [-0.39, 0.29) is 59.4 Å². The van der Waals surface area contributed by atoms with Crippen LogP contribution in [0, 0.1) is 0 Å². The largest absolute Gasteiger partial charge is 0.379 e. The SMILES string of the molecule is O=C(CCCN1C(=O)C(=C2SC(=S)N(CCCC(=O)NN3CCOCC3)C2=O)SC1=S)NN1CCOCC1. The highest BCUT2D eigenvalue weighted by Gasteiger charge is 2.41. The van der Waals surface area contributed by atoms with Crippen molar-refractivity contribution in [2.45, 2.75) is 25.7 Å². The number of hydrogen-bond donors (Lipinski definition) is 2. The molecule has 0 aromatic rings. The lowest BCUT2D eigenvalue weighted by atomic mass is 10.2. The Kier molecular flexibility index (Phi) is 10.9. The summed E-state index contributed by atoms with van der Waals surface area (Å²) in [6, 6.07) is 0. The zero-order valence-electron chi connectivity index (χ0n) is 20.8. The summed E-state index contributed by atoms with van der Waals surface area (Å²) < 4.78 is 11.2. The average Bonchev–Trinajstić information content (AvgIpc) is 3.34. The molecule has 12 nitrogen and oxygen atoms in total. The second-order valence-electron chi connectivity index (χ2n) is 8.78. The van der Waals surface area contributed by atoms with Crippen LogP contribution in [0.5, 0.6) is 0 Å². The lowest BCUT2D eigenvalue weighted by molar-refractivity contribution is -0.129. The highest BCUT2D eigenvalue weighted by molar-refractivity contribution is 8.29. The van der Waals surface area contributed by atoms with E-state index in [1.54, 1.807) is 0 Å². The van der Waals surface area contributed by atoms with Crippen LogP contribution in [0.25, 0.3) is 0 Å². The number of ether oxygens (including phenoxy) is 2. The molecule has 16 heteroatoms. The second-order valence-corrected chi connectivity index (χ2v) is 12.1. The Morgan fingerprint density at radius 1 is 0.711 bits per heavy atom. The third kappa shape index (κ3) is 7.71. The molecule has 0 atom stereocenters. The van der Waals surface area contributed by atoms with Gasteiger partial charge in [-0.05, 0) is 12.8 Å². The van der Waals surface area contributed by atoms with E-state index in [2.05, 4.69) is 10.9 Å². The molecule has 4 saturated heterocycles. The highest BCUT2D eigenvalue weighted by atomic mass is 32.2. The van der Waals surface area contributed by atoms with Gasteiger partial charge in [-0.3, -0.25) is 39.8 Å². The number of hydrazine groups is 2. The molecular formula is C22H30N6O6S4. The van der Waals surface area contributed by atoms with Crippen LogP contribution in [0.15, 0.2) is 9.81 Å². The second kappa shape index (κ2) is 14.1. The first kappa shape index (κ1) is 29.3. The summed E-state index contributed by atoms with van der Waals surface area (Å²) in [7, 11) is 0. The molecule has 4 amide bonds. The molecule has 0 unspecified atom stereocenters. The zero-order chi connectivity index (χ0) is 27.1. The van der Waals surface area contributed by atoms with Gasteiger partial charge in [0.2, 0.25) is 11.8 Å². The molecule has 2 N–H and O–H groups in total. The fraction of sp³-hybridized carbons (Fsp3) is 0.636. The monoisotopic (exact) mass is 602 g/mol. The molecule has 4 aliphatic rings. The Bertz CT molecular complexity index is 936. The summed E-state index contributed by atoms with van der Waals surface area (Å²) in [4.78, 5) is 54.0. The number of hydrogen-bond acceptors (Lipinski definition) is 12. The van der Waals surface area contributed by atoms with Gasteiger partial charge in [0.15, 0.2) is 0 Å². The van der Waals surface area contributed by atoms with Crippen LogP contribution < -0.4 is 10.9 Å². The van der Waals surface area contributed by atoms with E-state index in [1.807, 2.05) is 10.0 Å². The minimum atomic E-state index is -0.348. The van der Waals surface area contributed by atoms with E-state index >= 15 is 0 Å². The average molecular weight is 603 g/mol. The Hall–Kier alpha value is -1.66. The molecule has 0 aromatic carbocycles. The Morgan fingerprint density at radius 3 is 1.45 bits per heavy atom. The van der Waals surface area contributed by atoms with Crippen molar-refractivity contribution in [2.24, 2.45) is 0 Å². The van der Waals surface area contributed by atoms with Gasteiger partial charge in [0.1, 0.15) is 8.64 Å². The maximum Gasteiger partial charge on any atom is 0.267 e. The lowest BCUT2D eigenvalue weighted by Crippen LogP contribution is -2.48. The number of amides is 4. The third-order valence-electron chi connectivity index (χ3n) is 6.06. The van der Waals surface area contributed by atoms with Crippen LogP contribution in [0.3, 0.4) is 0 Å². The number of rotatable bonds is 10. The first-order valence-electron chi connectivity index (χ1n) is 12.4. The Balaban J connectivity index is 1.24.